The van der Waals surface area contributed by atoms with Crippen molar-refractivity contribution in [3.05, 3.63) is 81.9 Å². The van der Waals surface area contributed by atoms with Gasteiger partial charge in [-0.2, -0.15) is 0 Å². The number of rotatable bonds is 6. The summed E-state index contributed by atoms with van der Waals surface area (Å²) in [6.07, 6.45) is 3.44. The van der Waals surface area contributed by atoms with E-state index < -0.39 is 0 Å². The van der Waals surface area contributed by atoms with E-state index in [-0.39, 0.29) is 27.6 Å². The Labute approximate surface area is 218 Å². The van der Waals surface area contributed by atoms with E-state index in [1.807, 2.05) is 0 Å². The topological polar surface area (TPSA) is 0 Å². The second kappa shape index (κ2) is 10.3. The van der Waals surface area contributed by atoms with E-state index in [1.165, 1.54) is 51.8 Å². The van der Waals surface area contributed by atoms with Gasteiger partial charge in [0, 0.05) is 5.92 Å². The molecule has 2 aromatic rings. The molecule has 0 radical (unpaired) electrons. The zero-order valence-corrected chi connectivity index (χ0v) is 25.4. The van der Waals surface area contributed by atoms with Crippen molar-refractivity contribution in [2.75, 3.05) is 0 Å². The summed E-state index contributed by atoms with van der Waals surface area (Å²) in [5.41, 5.74) is 10.3. The van der Waals surface area contributed by atoms with Crippen molar-refractivity contribution >= 4 is 0 Å². The minimum absolute atomic E-state index is 0.0487. The number of hydrogen-bond donors (Lipinski definition) is 0. The van der Waals surface area contributed by atoms with Crippen molar-refractivity contribution in [2.45, 2.75) is 137 Å². The molecule has 0 nitrogen and oxygen atoms in total. The Bertz CT molecular complexity index is 944. The predicted molar refractivity (Wildman–Crippen MR) is 158 cm³/mol. The van der Waals surface area contributed by atoms with Crippen molar-refractivity contribution in [1.29, 1.82) is 0 Å². The lowest BCUT2D eigenvalue weighted by atomic mass is 9.69. The Kier molecular flexibility index (Phi) is 8.63. The minimum Gasteiger partial charge on any atom is -0.0989 e. The van der Waals surface area contributed by atoms with Crippen molar-refractivity contribution in [1.82, 2.24) is 0 Å². The smallest absolute Gasteiger partial charge is 0.0302 e. The molecule has 0 heterocycles. The van der Waals surface area contributed by atoms with Crippen LogP contribution in [0.25, 0.3) is 0 Å². The molecule has 2 aromatic carbocycles. The fourth-order valence-electron chi connectivity index (χ4n) is 5.00. The molecular formula is C35H54. The van der Waals surface area contributed by atoms with Crippen LogP contribution < -0.4 is 0 Å². The van der Waals surface area contributed by atoms with Crippen molar-refractivity contribution < 1.29 is 0 Å². The van der Waals surface area contributed by atoms with Crippen molar-refractivity contribution in [2.24, 2.45) is 0 Å². The summed E-state index contributed by atoms with van der Waals surface area (Å²) in [4.78, 5) is 0. The molecule has 0 fully saturated rings. The van der Waals surface area contributed by atoms with Crippen LogP contribution in [0.1, 0.15) is 149 Å². The summed E-state index contributed by atoms with van der Waals surface area (Å²) >= 11 is 0. The first-order valence-corrected chi connectivity index (χ1v) is 13.8. The standard InChI is InChI=1S/C35H54/c1-15-16-17-24(2)31(27-20-18-25(32(3,4)5)22-29(27)34(9,10)11)28-21-19-26(33(6,7)8)23-30(28)35(12,13)14/h18-23,31H,2,15-17H2,1,3-14H3. The van der Waals surface area contributed by atoms with E-state index >= 15 is 0 Å². The fraction of sp³-hybridized carbons (Fsp3) is 0.600. The molecule has 0 saturated carbocycles. The maximum absolute atomic E-state index is 4.73. The highest BCUT2D eigenvalue weighted by Gasteiger charge is 2.32. The van der Waals surface area contributed by atoms with E-state index in [1.54, 1.807) is 0 Å². The van der Waals surface area contributed by atoms with E-state index in [0.717, 1.165) is 6.42 Å². The lowest BCUT2D eigenvalue weighted by Crippen LogP contribution is -2.23. The molecule has 0 saturated heterocycles. The maximum Gasteiger partial charge on any atom is 0.0302 e. The van der Waals surface area contributed by atoms with Gasteiger partial charge in [0.05, 0.1) is 0 Å². The van der Waals surface area contributed by atoms with Gasteiger partial charge in [0.2, 0.25) is 0 Å². The Balaban J connectivity index is 2.92. The van der Waals surface area contributed by atoms with Gasteiger partial charge < -0.3 is 0 Å². The number of allylic oxidation sites excluding steroid dienone is 1. The summed E-state index contributed by atoms with van der Waals surface area (Å²) in [7, 11) is 0. The molecule has 35 heavy (non-hydrogen) atoms. The van der Waals surface area contributed by atoms with Gasteiger partial charge >= 0.3 is 0 Å². The monoisotopic (exact) mass is 474 g/mol. The van der Waals surface area contributed by atoms with Gasteiger partial charge in [-0.05, 0) is 67.9 Å². The lowest BCUT2D eigenvalue weighted by Gasteiger charge is -2.35. The third-order valence-corrected chi connectivity index (χ3v) is 7.34. The van der Waals surface area contributed by atoms with E-state index in [2.05, 4.69) is 126 Å². The van der Waals surface area contributed by atoms with Gasteiger partial charge in [-0.3, -0.25) is 0 Å². The highest BCUT2D eigenvalue weighted by molar-refractivity contribution is 5.53. The molecule has 2 rings (SSSR count). The minimum atomic E-state index is 0.0487. The van der Waals surface area contributed by atoms with E-state index in [4.69, 9.17) is 6.58 Å². The molecule has 0 bridgehead atoms. The third kappa shape index (κ3) is 7.12. The first-order valence-electron chi connectivity index (χ1n) is 13.8. The predicted octanol–water partition coefficient (Wildman–Crippen LogP) is 10.8. The van der Waals surface area contributed by atoms with Gasteiger partial charge in [0.1, 0.15) is 0 Å². The summed E-state index contributed by atoms with van der Waals surface area (Å²) in [6.45, 7) is 35.1. The molecule has 0 atom stereocenters. The van der Waals surface area contributed by atoms with E-state index in [0.29, 0.717) is 0 Å². The van der Waals surface area contributed by atoms with Gasteiger partial charge in [-0.25, -0.2) is 0 Å². The van der Waals surface area contributed by atoms with Crippen molar-refractivity contribution in [3.63, 3.8) is 0 Å². The third-order valence-electron chi connectivity index (χ3n) is 7.34. The second-order valence-electron chi connectivity index (χ2n) is 14.8. The highest BCUT2D eigenvalue weighted by atomic mass is 14.4. The SMILES string of the molecule is C=C(CCCC)C(c1ccc(C(C)(C)C)cc1C(C)(C)C)c1ccc(C(C)(C)C)cc1C(C)(C)C. The number of hydrogen-bond acceptors (Lipinski definition) is 0. The first kappa shape index (κ1) is 29.4. The Morgan fingerprint density at radius 3 is 1.29 bits per heavy atom. The summed E-state index contributed by atoms with van der Waals surface area (Å²) < 4.78 is 0. The van der Waals surface area contributed by atoms with Crippen molar-refractivity contribution in [3.8, 4) is 0 Å². The van der Waals surface area contributed by atoms with Crippen LogP contribution in [0.5, 0.6) is 0 Å². The van der Waals surface area contributed by atoms with Crippen LogP contribution in [-0.2, 0) is 21.7 Å². The zero-order valence-electron chi connectivity index (χ0n) is 25.4. The average Bonchev–Trinajstić information content (AvgIpc) is 2.69. The molecule has 0 aliphatic heterocycles. The van der Waals surface area contributed by atoms with Crippen LogP contribution in [0.2, 0.25) is 0 Å². The Morgan fingerprint density at radius 2 is 1.00 bits per heavy atom. The normalized spacial score (nSPS) is 13.4. The molecule has 0 aliphatic carbocycles. The molecule has 194 valence electrons. The van der Waals surface area contributed by atoms with E-state index in [9.17, 15) is 0 Å². The molecular weight excluding hydrogens is 420 g/mol. The summed E-state index contributed by atoms with van der Waals surface area (Å²) in [6, 6.07) is 14.5. The molecule has 0 aliphatic rings. The lowest BCUT2D eigenvalue weighted by molar-refractivity contribution is 0.552. The van der Waals surface area contributed by atoms with Gasteiger partial charge in [0.25, 0.3) is 0 Å². The first-order chi connectivity index (χ1) is 15.8. The molecule has 0 spiro atoms. The van der Waals surface area contributed by atoms with Crippen LogP contribution in [0.3, 0.4) is 0 Å². The highest BCUT2D eigenvalue weighted by Crippen LogP contribution is 2.45. The molecule has 0 amide bonds. The summed E-state index contributed by atoms with van der Waals surface area (Å²) in [5, 5.41) is 0. The molecule has 0 heteroatoms. The Hall–Kier alpha value is -1.82. The quantitative estimate of drug-likeness (QED) is 0.365. The average molecular weight is 475 g/mol. The molecule has 0 unspecified atom stereocenters. The summed E-state index contributed by atoms with van der Waals surface area (Å²) in [5.74, 6) is 0.202. The Morgan fingerprint density at radius 1 is 0.629 bits per heavy atom. The number of unbranched alkanes of at least 4 members (excludes halogenated alkanes) is 1. The molecule has 0 aromatic heterocycles. The van der Waals surface area contributed by atoms with Gasteiger partial charge in [-0.1, -0.05) is 145 Å². The van der Waals surface area contributed by atoms with Crippen LogP contribution >= 0.6 is 0 Å². The van der Waals surface area contributed by atoms with Crippen LogP contribution in [-0.4, -0.2) is 0 Å². The number of benzene rings is 2. The van der Waals surface area contributed by atoms with Crippen LogP contribution in [0.15, 0.2) is 48.6 Å². The molecule has 0 N–H and O–H groups in total. The maximum atomic E-state index is 4.73. The van der Waals surface area contributed by atoms with Crippen LogP contribution in [0, 0.1) is 0 Å². The fourth-order valence-corrected chi connectivity index (χ4v) is 5.00. The van der Waals surface area contributed by atoms with Gasteiger partial charge in [-0.15, -0.1) is 0 Å². The van der Waals surface area contributed by atoms with Crippen LogP contribution in [0.4, 0.5) is 0 Å². The largest absolute Gasteiger partial charge is 0.0989 e. The van der Waals surface area contributed by atoms with Gasteiger partial charge in [0.15, 0.2) is 0 Å². The second-order valence-corrected chi connectivity index (χ2v) is 14.8. The zero-order chi connectivity index (χ0) is 27.0.